The van der Waals surface area contributed by atoms with E-state index in [1.54, 1.807) is 60.7 Å². The van der Waals surface area contributed by atoms with E-state index in [1.165, 1.54) is 213 Å². The predicted molar refractivity (Wildman–Crippen MR) is 493 cm³/mol. The second-order valence-corrected chi connectivity index (χ2v) is 27.5. The van der Waals surface area contributed by atoms with Crippen LogP contribution in [0.25, 0.3) is 30.4 Å². The minimum absolute atomic E-state index is 0.00727. The summed E-state index contributed by atoms with van der Waals surface area (Å²) in [5.74, 6) is -11.9. The quantitative estimate of drug-likeness (QED) is 0.0136. The number of phenols is 13. The van der Waals surface area contributed by atoms with E-state index in [2.05, 4.69) is 31.9 Å². The Bertz CT molecular complexity index is 6550. The van der Waals surface area contributed by atoms with Gasteiger partial charge in [-0.1, -0.05) is 66.7 Å². The molecule has 25 N–H and O–H groups in total. The number of aryl methyl sites for hydroxylation is 1. The third-order valence-corrected chi connectivity index (χ3v) is 17.6. The summed E-state index contributed by atoms with van der Waals surface area (Å²) < 4.78 is 4.97. The average molecular weight is 1840 g/mol. The SMILES string of the molecule is COc1cc(/C=C/C(=O)Nc2ccc(O)cc2C(=O)O)ccc1O.O=C(/C=C/c1ccc(O)c(O)c1)Nc1ccc(O)cc1C(=O)O.O=C(/C=C/c1ccc(O)c(O)c1)Nc1ccccc1C(=O)O.O=C(/C=C/c1ccc(O)cc1)Nc1cc(O)ccc1C(=O)O.O=C(/C=C/c1ccc(O)cc1)Nc1ccc(O)cc1C(=O)O.O=C(CCc1ccc(O)cc1)Nc1ccc(O)cc1C(=O)O. The monoisotopic (exact) mass is 1840 g/mol. The Morgan fingerprint density at radius 2 is 0.511 bits per heavy atom. The van der Waals surface area contributed by atoms with Crippen LogP contribution in [0.3, 0.4) is 0 Å². The first-order valence-electron chi connectivity index (χ1n) is 38.8. The molecule has 0 aliphatic carbocycles. The van der Waals surface area contributed by atoms with Gasteiger partial charge in [-0.2, -0.15) is 0 Å². The molecule has 0 bridgehead atoms. The highest BCUT2D eigenvalue weighted by Crippen LogP contribution is 2.32. The van der Waals surface area contributed by atoms with Crippen LogP contribution < -0.4 is 36.6 Å². The summed E-state index contributed by atoms with van der Waals surface area (Å²) in [6.45, 7) is 0. The molecule has 38 nitrogen and oxygen atoms in total. The Hall–Kier alpha value is -19.8. The van der Waals surface area contributed by atoms with Crippen molar-refractivity contribution in [2.45, 2.75) is 12.8 Å². The third-order valence-electron chi connectivity index (χ3n) is 17.6. The summed E-state index contributed by atoms with van der Waals surface area (Å²) in [5.41, 5.74) is 3.46. The largest absolute Gasteiger partial charge is 0.508 e. The smallest absolute Gasteiger partial charge is 0.337 e. The van der Waals surface area contributed by atoms with Crippen molar-refractivity contribution in [2.75, 3.05) is 39.0 Å². The standard InChI is InChI=1S/C17H15NO6.C16H13NO6.C16H15NO5.3C16H13NO5/c1-24-15-8-10(2-6-14(15)20)3-7-16(21)18-13-5-4-11(19)9-12(13)17(22)23;18-10-3-4-12(11(8-10)16(22)23)17-15(21)6-2-9-1-5-13(19)14(20)7-9;2*18-11-4-1-10(2-5-11)3-8-15(20)17-14-7-6-12(19)9-13(14)16(21)22;18-11-4-1-10(2-5-11)3-8-15(20)17-14-9-12(19)6-7-13(14)16(21)22;18-13-7-5-10(9-14(13)19)6-8-15(20)17-12-4-2-1-3-11(12)16(21)22/h2-9,19-20H,1H3,(H,18,21)(H,22,23);1-8,18-20H,(H,17,21)(H,22,23);1-2,4-7,9,18-19H,3,8H2,(H,17,20)(H,21,22);3*1-9,18-19H,(H,17,20)(H,21,22)/b7-3+;6-2+;;2*8-3+;8-6+. The Balaban J connectivity index is 0.000000221. The first kappa shape index (κ1) is 102. The van der Waals surface area contributed by atoms with Gasteiger partial charge in [0.2, 0.25) is 35.4 Å². The number of amides is 6. The van der Waals surface area contributed by atoms with Crippen LogP contribution in [0.5, 0.6) is 80.5 Å². The molecule has 0 saturated heterocycles. The molecule has 0 aliphatic heterocycles. The van der Waals surface area contributed by atoms with Gasteiger partial charge in [0, 0.05) is 42.9 Å². The maximum absolute atomic E-state index is 11.9. The number of hydrogen-bond donors (Lipinski definition) is 25. The van der Waals surface area contributed by atoms with Gasteiger partial charge >= 0.3 is 35.8 Å². The second kappa shape index (κ2) is 49.9. The van der Waals surface area contributed by atoms with Crippen molar-refractivity contribution < 1.29 is 159 Å². The zero-order valence-electron chi connectivity index (χ0n) is 70.1. The Morgan fingerprint density at radius 1 is 0.244 bits per heavy atom. The van der Waals surface area contributed by atoms with E-state index in [1.807, 2.05) is 0 Å². The molecule has 12 aromatic rings. The number of carbonyl (C=O) groups is 12. The fraction of sp³-hybridized carbons (Fsp3) is 0.0309. The van der Waals surface area contributed by atoms with Crippen LogP contribution in [-0.2, 0) is 35.2 Å². The molecule has 0 aliphatic rings. The number of aromatic carboxylic acids is 6. The molecule has 0 saturated carbocycles. The van der Waals surface area contributed by atoms with Gasteiger partial charge in [0.15, 0.2) is 34.5 Å². The number of hydrogen-bond acceptors (Lipinski definition) is 26. The van der Waals surface area contributed by atoms with Crippen LogP contribution in [0.15, 0.2) is 273 Å². The molecule has 135 heavy (non-hydrogen) atoms. The van der Waals surface area contributed by atoms with Gasteiger partial charge in [-0.15, -0.1) is 0 Å². The number of carbonyl (C=O) groups excluding carboxylic acids is 6. The van der Waals surface area contributed by atoms with E-state index in [-0.39, 0.29) is 160 Å². The number of phenolic OH excluding ortho intramolecular Hbond substituents is 13. The van der Waals surface area contributed by atoms with Gasteiger partial charge in [0.25, 0.3) is 0 Å². The maximum Gasteiger partial charge on any atom is 0.337 e. The molecule has 692 valence electrons. The number of methoxy groups -OCH3 is 1. The van der Waals surface area contributed by atoms with Crippen molar-refractivity contribution in [1.82, 2.24) is 0 Å². The minimum Gasteiger partial charge on any atom is -0.508 e. The predicted octanol–water partition coefficient (Wildman–Crippen LogP) is 14.3. The molecular weight excluding hydrogens is 1760 g/mol. The molecule has 0 radical (unpaired) electrons. The molecule has 0 aromatic heterocycles. The van der Waals surface area contributed by atoms with Crippen LogP contribution >= 0.6 is 0 Å². The lowest BCUT2D eigenvalue weighted by Gasteiger charge is -2.09. The topological polar surface area (TPSA) is 671 Å². The van der Waals surface area contributed by atoms with Crippen molar-refractivity contribution in [3.05, 3.63) is 340 Å². The fourth-order valence-electron chi connectivity index (χ4n) is 11.0. The van der Waals surface area contributed by atoms with Gasteiger partial charge in [-0.05, 0) is 240 Å². The second-order valence-electron chi connectivity index (χ2n) is 27.5. The molecule has 12 rings (SSSR count). The summed E-state index contributed by atoms with van der Waals surface area (Å²) in [6, 6.07) is 55.8. The number of rotatable bonds is 26. The summed E-state index contributed by atoms with van der Waals surface area (Å²) in [5, 5.41) is 190. The summed E-state index contributed by atoms with van der Waals surface area (Å²) in [4.78, 5) is 138. The molecule has 0 spiro atoms. The summed E-state index contributed by atoms with van der Waals surface area (Å²) >= 11 is 0. The summed E-state index contributed by atoms with van der Waals surface area (Å²) in [7, 11) is 1.41. The van der Waals surface area contributed by atoms with Gasteiger partial charge in [-0.25, -0.2) is 28.8 Å². The van der Waals surface area contributed by atoms with Gasteiger partial charge in [-0.3, -0.25) is 28.8 Å². The minimum atomic E-state index is -1.29. The zero-order valence-corrected chi connectivity index (χ0v) is 70.1. The number of carboxylic acid groups (broad SMARTS) is 6. The van der Waals surface area contributed by atoms with E-state index < -0.39 is 65.4 Å². The van der Waals surface area contributed by atoms with E-state index in [0.29, 0.717) is 34.2 Å². The third kappa shape index (κ3) is 34.1. The normalized spacial score (nSPS) is 10.5. The van der Waals surface area contributed by atoms with Crippen molar-refractivity contribution in [3.63, 3.8) is 0 Å². The molecule has 38 heteroatoms. The highest BCUT2D eigenvalue weighted by Gasteiger charge is 2.20. The zero-order chi connectivity index (χ0) is 99.1. The Kier molecular flexibility index (Phi) is 37.8. The molecule has 6 amide bonds. The van der Waals surface area contributed by atoms with Crippen LogP contribution in [0.4, 0.5) is 34.1 Å². The molecular formula is C97H82N6O32. The Morgan fingerprint density at radius 3 is 0.852 bits per heavy atom. The number of ether oxygens (including phenoxy) is 1. The van der Waals surface area contributed by atoms with Crippen molar-refractivity contribution in [3.8, 4) is 80.5 Å². The molecule has 12 aromatic carbocycles. The number of benzene rings is 12. The number of anilines is 6. The molecule has 0 unspecified atom stereocenters. The number of carboxylic acids is 6. The van der Waals surface area contributed by atoms with Gasteiger partial charge in [0.05, 0.1) is 74.6 Å². The van der Waals surface area contributed by atoms with E-state index in [0.717, 1.165) is 42.0 Å². The number of aromatic hydroxyl groups is 13. The van der Waals surface area contributed by atoms with Crippen LogP contribution in [0.2, 0.25) is 0 Å². The lowest BCUT2D eigenvalue weighted by atomic mass is 10.1. The molecule has 0 heterocycles. The first-order chi connectivity index (χ1) is 64.1. The highest BCUT2D eigenvalue weighted by atomic mass is 16.5. The highest BCUT2D eigenvalue weighted by molar-refractivity contribution is 6.11. The molecule has 0 atom stereocenters. The van der Waals surface area contributed by atoms with Crippen molar-refractivity contribution in [1.29, 1.82) is 0 Å². The summed E-state index contributed by atoms with van der Waals surface area (Å²) in [6.07, 6.45) is 14.0. The number of nitrogens with one attached hydrogen (secondary N) is 6. The van der Waals surface area contributed by atoms with Gasteiger partial charge in [0.1, 0.15) is 46.0 Å². The van der Waals surface area contributed by atoms with Gasteiger partial charge < -0.3 is 134 Å². The van der Waals surface area contributed by atoms with Crippen molar-refractivity contribution >= 4 is 136 Å². The van der Waals surface area contributed by atoms with Crippen LogP contribution in [-0.4, -0.2) is 175 Å². The Labute approximate surface area is 763 Å². The van der Waals surface area contributed by atoms with Crippen molar-refractivity contribution in [2.24, 2.45) is 0 Å². The first-order valence-corrected chi connectivity index (χ1v) is 38.8. The fourth-order valence-corrected chi connectivity index (χ4v) is 11.0. The van der Waals surface area contributed by atoms with Crippen LogP contribution in [0, 0.1) is 0 Å². The lowest BCUT2D eigenvalue weighted by Crippen LogP contribution is -2.15. The average Bonchev–Trinajstić information content (AvgIpc) is 0.856. The van der Waals surface area contributed by atoms with E-state index >= 15 is 0 Å². The van der Waals surface area contributed by atoms with E-state index in [9.17, 15) is 114 Å². The van der Waals surface area contributed by atoms with E-state index in [4.69, 9.17) is 45.6 Å². The number of para-hydroxylation sites is 1. The molecule has 0 fully saturated rings. The van der Waals surface area contributed by atoms with Crippen LogP contribution in [0.1, 0.15) is 102 Å². The lowest BCUT2D eigenvalue weighted by molar-refractivity contribution is -0.116. The maximum atomic E-state index is 11.9.